The largest absolute Gasteiger partial charge is 0.393 e. The maximum Gasteiger partial charge on any atom is 0.0628 e. The summed E-state index contributed by atoms with van der Waals surface area (Å²) >= 11 is 0. The van der Waals surface area contributed by atoms with Gasteiger partial charge in [0.1, 0.15) is 0 Å². The fourth-order valence-corrected chi connectivity index (χ4v) is 2.60. The third-order valence-electron chi connectivity index (χ3n) is 3.70. The Labute approximate surface area is 107 Å². The molecule has 17 heavy (non-hydrogen) atoms. The second-order valence-electron chi connectivity index (χ2n) is 5.60. The molecular formula is C15H30O2. The molecule has 1 aliphatic rings. The van der Waals surface area contributed by atoms with Crippen LogP contribution in [0.4, 0.5) is 0 Å². The Morgan fingerprint density at radius 1 is 1.12 bits per heavy atom. The van der Waals surface area contributed by atoms with E-state index < -0.39 is 0 Å². The van der Waals surface area contributed by atoms with Gasteiger partial charge in [0, 0.05) is 0 Å². The molecule has 3 atom stereocenters. The molecule has 1 rings (SSSR count). The van der Waals surface area contributed by atoms with Crippen LogP contribution in [0.2, 0.25) is 0 Å². The maximum atomic E-state index is 9.83. The molecule has 0 spiro atoms. The van der Waals surface area contributed by atoms with Crippen LogP contribution in [0.1, 0.15) is 78.1 Å². The molecule has 0 aromatic heterocycles. The number of hydrogen-bond donors (Lipinski definition) is 1. The standard InChI is InChI=1S/C15H30O2/c1-3-4-5-6-7-8-9-10-14(16)12-15-11-13(2)17-15/h13-16H,3-12H2,1-2H3. The van der Waals surface area contributed by atoms with Crippen molar-refractivity contribution in [1.82, 2.24) is 0 Å². The van der Waals surface area contributed by atoms with Crippen molar-refractivity contribution in [1.29, 1.82) is 0 Å². The van der Waals surface area contributed by atoms with Crippen LogP contribution in [-0.4, -0.2) is 23.4 Å². The summed E-state index contributed by atoms with van der Waals surface area (Å²) < 4.78 is 5.52. The molecule has 2 nitrogen and oxygen atoms in total. The van der Waals surface area contributed by atoms with E-state index in [1.54, 1.807) is 0 Å². The Balaban J connectivity index is 1.82. The van der Waals surface area contributed by atoms with Gasteiger partial charge in [0.2, 0.25) is 0 Å². The summed E-state index contributed by atoms with van der Waals surface area (Å²) in [5.41, 5.74) is 0. The number of rotatable bonds is 10. The first-order valence-electron chi connectivity index (χ1n) is 7.56. The molecule has 0 aromatic rings. The minimum absolute atomic E-state index is 0.136. The van der Waals surface area contributed by atoms with E-state index in [2.05, 4.69) is 13.8 Å². The number of ether oxygens (including phenoxy) is 1. The van der Waals surface area contributed by atoms with Crippen LogP contribution < -0.4 is 0 Å². The lowest BCUT2D eigenvalue weighted by atomic mass is 9.97. The van der Waals surface area contributed by atoms with Crippen LogP contribution in [0.15, 0.2) is 0 Å². The average molecular weight is 242 g/mol. The van der Waals surface area contributed by atoms with Gasteiger partial charge in [0.15, 0.2) is 0 Å². The molecular weight excluding hydrogens is 212 g/mol. The zero-order chi connectivity index (χ0) is 12.5. The minimum Gasteiger partial charge on any atom is -0.393 e. The third-order valence-corrected chi connectivity index (χ3v) is 3.70. The van der Waals surface area contributed by atoms with Gasteiger partial charge in [-0.3, -0.25) is 0 Å². The molecule has 0 amide bonds. The molecule has 0 aliphatic carbocycles. The summed E-state index contributed by atoms with van der Waals surface area (Å²) in [5, 5.41) is 9.83. The number of hydrogen-bond acceptors (Lipinski definition) is 2. The van der Waals surface area contributed by atoms with Gasteiger partial charge in [0.05, 0.1) is 18.3 Å². The fourth-order valence-electron chi connectivity index (χ4n) is 2.60. The molecule has 1 aliphatic heterocycles. The van der Waals surface area contributed by atoms with Gasteiger partial charge in [-0.1, -0.05) is 51.9 Å². The first kappa shape index (κ1) is 15.0. The Morgan fingerprint density at radius 2 is 1.71 bits per heavy atom. The first-order chi connectivity index (χ1) is 8.22. The van der Waals surface area contributed by atoms with Crippen molar-refractivity contribution < 1.29 is 9.84 Å². The average Bonchev–Trinajstić information content (AvgIpc) is 2.26. The molecule has 102 valence electrons. The van der Waals surface area contributed by atoms with Gasteiger partial charge in [-0.25, -0.2) is 0 Å². The fraction of sp³-hybridized carbons (Fsp3) is 1.00. The van der Waals surface area contributed by atoms with Crippen LogP contribution in [0.3, 0.4) is 0 Å². The van der Waals surface area contributed by atoms with Gasteiger partial charge in [-0.15, -0.1) is 0 Å². The Hall–Kier alpha value is -0.0800. The summed E-state index contributed by atoms with van der Waals surface area (Å²) in [6.45, 7) is 4.35. The predicted octanol–water partition coefficient (Wildman–Crippen LogP) is 4.06. The monoisotopic (exact) mass is 242 g/mol. The highest BCUT2D eigenvalue weighted by atomic mass is 16.5. The highest BCUT2D eigenvalue weighted by Crippen LogP contribution is 2.25. The van der Waals surface area contributed by atoms with E-state index in [0.717, 1.165) is 19.3 Å². The third kappa shape index (κ3) is 7.05. The maximum absolute atomic E-state index is 9.83. The molecule has 1 N–H and O–H groups in total. The molecule has 0 saturated carbocycles. The summed E-state index contributed by atoms with van der Waals surface area (Å²) in [6, 6.07) is 0. The Kier molecular flexibility index (Phi) is 7.87. The van der Waals surface area contributed by atoms with Gasteiger partial charge in [-0.2, -0.15) is 0 Å². The summed E-state index contributed by atoms with van der Waals surface area (Å²) in [4.78, 5) is 0. The van der Waals surface area contributed by atoms with Crippen LogP contribution >= 0.6 is 0 Å². The summed E-state index contributed by atoms with van der Waals surface area (Å²) in [6.07, 6.45) is 12.8. The smallest absolute Gasteiger partial charge is 0.0628 e. The van der Waals surface area contributed by atoms with E-state index in [4.69, 9.17) is 4.74 Å². The summed E-state index contributed by atoms with van der Waals surface area (Å²) in [5.74, 6) is 0. The van der Waals surface area contributed by atoms with Crippen molar-refractivity contribution in [2.75, 3.05) is 0 Å². The zero-order valence-electron chi connectivity index (χ0n) is 11.7. The van der Waals surface area contributed by atoms with Crippen LogP contribution in [0, 0.1) is 0 Å². The van der Waals surface area contributed by atoms with Crippen molar-refractivity contribution in [2.45, 2.75) is 96.4 Å². The van der Waals surface area contributed by atoms with Crippen LogP contribution in [-0.2, 0) is 4.74 Å². The van der Waals surface area contributed by atoms with E-state index in [9.17, 15) is 5.11 Å². The van der Waals surface area contributed by atoms with Gasteiger partial charge >= 0.3 is 0 Å². The molecule has 1 fully saturated rings. The molecule has 1 heterocycles. The van der Waals surface area contributed by atoms with Gasteiger partial charge in [0.25, 0.3) is 0 Å². The van der Waals surface area contributed by atoms with Crippen molar-refractivity contribution in [3.8, 4) is 0 Å². The number of unbranched alkanes of at least 4 members (excludes halogenated alkanes) is 6. The molecule has 3 unspecified atom stereocenters. The Morgan fingerprint density at radius 3 is 2.29 bits per heavy atom. The lowest BCUT2D eigenvalue weighted by Crippen LogP contribution is -2.37. The zero-order valence-corrected chi connectivity index (χ0v) is 11.7. The van der Waals surface area contributed by atoms with Crippen molar-refractivity contribution in [3.63, 3.8) is 0 Å². The van der Waals surface area contributed by atoms with Gasteiger partial charge < -0.3 is 9.84 Å². The van der Waals surface area contributed by atoms with E-state index in [1.807, 2.05) is 0 Å². The highest BCUT2D eigenvalue weighted by molar-refractivity contribution is 4.76. The molecule has 0 radical (unpaired) electrons. The van der Waals surface area contributed by atoms with E-state index in [0.29, 0.717) is 12.2 Å². The van der Waals surface area contributed by atoms with E-state index in [-0.39, 0.29) is 6.10 Å². The predicted molar refractivity (Wildman–Crippen MR) is 72.2 cm³/mol. The Bertz CT molecular complexity index is 176. The van der Waals surface area contributed by atoms with E-state index >= 15 is 0 Å². The highest BCUT2D eigenvalue weighted by Gasteiger charge is 2.27. The molecule has 0 bridgehead atoms. The van der Waals surface area contributed by atoms with Crippen LogP contribution in [0.25, 0.3) is 0 Å². The van der Waals surface area contributed by atoms with Gasteiger partial charge in [-0.05, 0) is 26.2 Å². The van der Waals surface area contributed by atoms with Crippen molar-refractivity contribution >= 4 is 0 Å². The van der Waals surface area contributed by atoms with Crippen molar-refractivity contribution in [2.24, 2.45) is 0 Å². The topological polar surface area (TPSA) is 29.5 Å². The first-order valence-corrected chi connectivity index (χ1v) is 7.56. The second kappa shape index (κ2) is 8.93. The molecule has 2 heteroatoms. The second-order valence-corrected chi connectivity index (χ2v) is 5.60. The lowest BCUT2D eigenvalue weighted by molar-refractivity contribution is -0.129. The quantitative estimate of drug-likeness (QED) is 0.585. The minimum atomic E-state index is -0.136. The number of aliphatic hydroxyl groups excluding tert-OH is 1. The molecule has 1 saturated heterocycles. The number of aliphatic hydroxyl groups is 1. The molecule has 0 aromatic carbocycles. The van der Waals surface area contributed by atoms with Crippen LogP contribution in [0.5, 0.6) is 0 Å². The lowest BCUT2D eigenvalue weighted by Gasteiger charge is -2.34. The van der Waals surface area contributed by atoms with E-state index in [1.165, 1.54) is 44.9 Å². The normalized spacial score (nSPS) is 25.6. The SMILES string of the molecule is CCCCCCCCCC(O)CC1CC(C)O1. The van der Waals surface area contributed by atoms with Crippen molar-refractivity contribution in [3.05, 3.63) is 0 Å². The summed E-state index contributed by atoms with van der Waals surface area (Å²) in [7, 11) is 0.